The number of ketones is 1. The third kappa shape index (κ3) is 2.26. The third-order valence-corrected chi connectivity index (χ3v) is 3.48. The van der Waals surface area contributed by atoms with Crippen molar-refractivity contribution in [2.75, 3.05) is 0 Å². The number of carbonyl (C=O) groups excluding carboxylic acids is 1. The normalized spacial score (nSPS) is 10.3. The maximum Gasteiger partial charge on any atom is 0.196 e. The van der Waals surface area contributed by atoms with E-state index in [0.29, 0.717) is 11.1 Å². The summed E-state index contributed by atoms with van der Waals surface area (Å²) in [5.74, 6) is -0.0399. The van der Waals surface area contributed by atoms with Crippen LogP contribution in [-0.2, 0) is 0 Å². The fourth-order valence-corrected chi connectivity index (χ4v) is 1.91. The van der Waals surface area contributed by atoms with E-state index in [-0.39, 0.29) is 5.78 Å². The first-order valence-corrected chi connectivity index (χ1v) is 5.96. The first-order valence-electron chi connectivity index (χ1n) is 5.16. The second-order valence-electron chi connectivity index (χ2n) is 3.81. The molecule has 0 spiro atoms. The van der Waals surface area contributed by atoms with Crippen molar-refractivity contribution in [1.82, 2.24) is 9.97 Å². The minimum atomic E-state index is -0.0399. The summed E-state index contributed by atoms with van der Waals surface area (Å²) >= 11 is 3.38. The van der Waals surface area contributed by atoms with Gasteiger partial charge in [-0.05, 0) is 47.0 Å². The van der Waals surface area contributed by atoms with Crippen molar-refractivity contribution < 1.29 is 4.79 Å². The molecule has 2 aromatic heterocycles. The van der Waals surface area contributed by atoms with E-state index >= 15 is 0 Å². The summed E-state index contributed by atoms with van der Waals surface area (Å²) < 4.78 is 0.838. The number of carbonyl (C=O) groups is 1. The van der Waals surface area contributed by atoms with Gasteiger partial charge in [0.2, 0.25) is 0 Å². The highest BCUT2D eigenvalue weighted by molar-refractivity contribution is 9.10. The van der Waals surface area contributed by atoms with Gasteiger partial charge in [0.1, 0.15) is 0 Å². The summed E-state index contributed by atoms with van der Waals surface area (Å²) in [6, 6.07) is 1.83. The zero-order valence-corrected chi connectivity index (χ0v) is 11.2. The molecule has 0 atom stereocenters. The van der Waals surface area contributed by atoms with E-state index in [0.717, 1.165) is 15.6 Å². The largest absolute Gasteiger partial charge is 0.288 e. The van der Waals surface area contributed by atoms with Gasteiger partial charge < -0.3 is 0 Å². The minimum Gasteiger partial charge on any atom is -0.288 e. The zero-order chi connectivity index (χ0) is 12.4. The highest BCUT2D eigenvalue weighted by atomic mass is 79.9. The Morgan fingerprint density at radius 1 is 1.12 bits per heavy atom. The summed E-state index contributed by atoms with van der Waals surface area (Å²) in [5, 5.41) is 0. The molecule has 0 aromatic carbocycles. The molecule has 0 aliphatic rings. The molecule has 86 valence electrons. The maximum atomic E-state index is 12.3. The van der Waals surface area contributed by atoms with Crippen LogP contribution in [0.3, 0.4) is 0 Å². The molecule has 0 aliphatic carbocycles. The van der Waals surface area contributed by atoms with Gasteiger partial charge in [0.15, 0.2) is 5.78 Å². The topological polar surface area (TPSA) is 42.9 Å². The van der Waals surface area contributed by atoms with E-state index in [2.05, 4.69) is 25.9 Å². The Hall–Kier alpha value is -1.55. The van der Waals surface area contributed by atoms with Gasteiger partial charge in [0.05, 0.1) is 0 Å². The van der Waals surface area contributed by atoms with E-state index in [1.54, 1.807) is 24.8 Å². The van der Waals surface area contributed by atoms with Crippen molar-refractivity contribution in [2.24, 2.45) is 0 Å². The molecule has 0 bridgehead atoms. The van der Waals surface area contributed by atoms with Crippen molar-refractivity contribution in [3.05, 3.63) is 57.6 Å². The molecule has 2 aromatic rings. The van der Waals surface area contributed by atoms with E-state index in [1.807, 2.05) is 19.9 Å². The summed E-state index contributed by atoms with van der Waals surface area (Å²) in [6.07, 6.45) is 6.55. The standard InChI is InChI=1S/C13H11BrN2O/c1-8-3-4-15-5-10(8)13(17)11-6-16-7-12(14)9(11)2/h3-7H,1-2H3. The number of aromatic nitrogens is 2. The SMILES string of the molecule is Cc1ccncc1C(=O)c1cncc(Br)c1C. The number of hydrogen-bond donors (Lipinski definition) is 0. The fraction of sp³-hybridized carbons (Fsp3) is 0.154. The summed E-state index contributed by atoms with van der Waals surface area (Å²) in [6.45, 7) is 3.79. The average molecular weight is 291 g/mol. The van der Waals surface area contributed by atoms with Gasteiger partial charge in [0, 0.05) is 40.4 Å². The van der Waals surface area contributed by atoms with E-state index in [4.69, 9.17) is 0 Å². The Morgan fingerprint density at radius 2 is 1.82 bits per heavy atom. The predicted molar refractivity (Wildman–Crippen MR) is 69.1 cm³/mol. The van der Waals surface area contributed by atoms with Crippen LogP contribution >= 0.6 is 15.9 Å². The molecule has 3 nitrogen and oxygen atoms in total. The van der Waals surface area contributed by atoms with Gasteiger partial charge in [-0.1, -0.05) is 0 Å². The molecule has 0 saturated heterocycles. The highest BCUT2D eigenvalue weighted by Crippen LogP contribution is 2.21. The Bertz CT molecular complexity index is 581. The van der Waals surface area contributed by atoms with Gasteiger partial charge in [-0.3, -0.25) is 14.8 Å². The lowest BCUT2D eigenvalue weighted by atomic mass is 9.99. The van der Waals surface area contributed by atoms with Crippen LogP contribution < -0.4 is 0 Å². The molecular formula is C13H11BrN2O. The van der Waals surface area contributed by atoms with Gasteiger partial charge in [0.25, 0.3) is 0 Å². The molecule has 2 heterocycles. The number of halogens is 1. The molecule has 0 aliphatic heterocycles. The molecule has 0 amide bonds. The smallest absolute Gasteiger partial charge is 0.196 e. The first-order chi connectivity index (χ1) is 8.11. The Kier molecular flexibility index (Phi) is 3.33. The number of nitrogens with zero attached hydrogens (tertiary/aromatic N) is 2. The van der Waals surface area contributed by atoms with Crippen molar-refractivity contribution in [1.29, 1.82) is 0 Å². The minimum absolute atomic E-state index is 0.0399. The van der Waals surface area contributed by atoms with Crippen molar-refractivity contribution in [3.8, 4) is 0 Å². The molecule has 0 radical (unpaired) electrons. The van der Waals surface area contributed by atoms with Gasteiger partial charge in [-0.25, -0.2) is 0 Å². The molecule has 0 fully saturated rings. The van der Waals surface area contributed by atoms with E-state index in [1.165, 1.54) is 0 Å². The molecule has 2 rings (SSSR count). The van der Waals surface area contributed by atoms with Crippen LogP contribution in [0.25, 0.3) is 0 Å². The van der Waals surface area contributed by atoms with Crippen LogP contribution in [0, 0.1) is 13.8 Å². The van der Waals surface area contributed by atoms with Crippen LogP contribution in [0.15, 0.2) is 35.3 Å². The highest BCUT2D eigenvalue weighted by Gasteiger charge is 2.15. The lowest BCUT2D eigenvalue weighted by molar-refractivity contribution is 0.103. The predicted octanol–water partition coefficient (Wildman–Crippen LogP) is 3.09. The summed E-state index contributed by atoms with van der Waals surface area (Å²) in [5.41, 5.74) is 3.05. The first kappa shape index (κ1) is 11.9. The number of rotatable bonds is 2. The van der Waals surface area contributed by atoms with Gasteiger partial charge in [-0.15, -0.1) is 0 Å². The van der Waals surface area contributed by atoms with E-state index < -0.39 is 0 Å². The summed E-state index contributed by atoms with van der Waals surface area (Å²) in [7, 11) is 0. The van der Waals surface area contributed by atoms with E-state index in [9.17, 15) is 4.79 Å². The second kappa shape index (κ2) is 4.75. The Labute approximate surface area is 108 Å². The molecule has 4 heteroatoms. The number of hydrogen-bond acceptors (Lipinski definition) is 3. The second-order valence-corrected chi connectivity index (χ2v) is 4.67. The van der Waals surface area contributed by atoms with Crippen molar-refractivity contribution in [2.45, 2.75) is 13.8 Å². The van der Waals surface area contributed by atoms with Crippen LogP contribution in [-0.4, -0.2) is 15.8 Å². The average Bonchev–Trinajstić information content (AvgIpc) is 2.32. The molecule has 0 N–H and O–H groups in total. The molecule has 0 unspecified atom stereocenters. The number of pyridine rings is 2. The van der Waals surface area contributed by atoms with Crippen LogP contribution in [0.2, 0.25) is 0 Å². The van der Waals surface area contributed by atoms with Gasteiger partial charge >= 0.3 is 0 Å². The quantitative estimate of drug-likeness (QED) is 0.799. The monoisotopic (exact) mass is 290 g/mol. The lowest BCUT2D eigenvalue weighted by Crippen LogP contribution is -2.07. The Morgan fingerprint density at radius 3 is 2.53 bits per heavy atom. The molecule has 0 saturated carbocycles. The number of aryl methyl sites for hydroxylation is 1. The van der Waals surface area contributed by atoms with Crippen LogP contribution in [0.4, 0.5) is 0 Å². The van der Waals surface area contributed by atoms with Crippen molar-refractivity contribution >= 4 is 21.7 Å². The Balaban J connectivity index is 2.52. The lowest BCUT2D eigenvalue weighted by Gasteiger charge is -2.07. The molecule has 17 heavy (non-hydrogen) atoms. The van der Waals surface area contributed by atoms with Gasteiger partial charge in [-0.2, -0.15) is 0 Å². The van der Waals surface area contributed by atoms with Crippen LogP contribution in [0.1, 0.15) is 27.0 Å². The zero-order valence-electron chi connectivity index (χ0n) is 9.57. The molecular weight excluding hydrogens is 280 g/mol. The summed E-state index contributed by atoms with van der Waals surface area (Å²) in [4.78, 5) is 20.4. The third-order valence-electron chi connectivity index (χ3n) is 2.68. The maximum absolute atomic E-state index is 12.3. The van der Waals surface area contributed by atoms with Crippen molar-refractivity contribution in [3.63, 3.8) is 0 Å². The fourth-order valence-electron chi connectivity index (χ4n) is 1.58. The van der Waals surface area contributed by atoms with Crippen LogP contribution in [0.5, 0.6) is 0 Å².